The van der Waals surface area contributed by atoms with E-state index in [9.17, 15) is 0 Å². The lowest BCUT2D eigenvalue weighted by atomic mass is 9.73. The molecule has 0 fully saturated rings. The maximum Gasteiger partial charge on any atom is 0.235 e. The van der Waals surface area contributed by atoms with E-state index in [0.717, 1.165) is 48.8 Å². The molecule has 0 unspecified atom stereocenters. The standard InChI is InChI=1S/C40H27N5S/c1-40(2)27-15-7-9-18-31(27)44(24-12-4-3-5-13-24)33-22-26-25-14-6-8-17-30(25)45(32(26)23-28(33)40)39-42-29-16-10-19-34-36(29)38(43-39)37-35(46-34)20-11-21-41-37/h3-23H,1-2H3. The number of anilines is 3. The van der Waals surface area contributed by atoms with Crippen LogP contribution in [0.25, 0.3) is 50.0 Å². The molecule has 5 heterocycles. The fourth-order valence-corrected chi connectivity index (χ4v) is 8.58. The largest absolute Gasteiger partial charge is 0.310 e. The molecule has 218 valence electrons. The van der Waals surface area contributed by atoms with E-state index in [1.54, 1.807) is 11.8 Å². The molecule has 5 nitrogen and oxygen atoms in total. The van der Waals surface area contributed by atoms with Crippen LogP contribution in [0.5, 0.6) is 0 Å². The molecular formula is C40H27N5S. The highest BCUT2D eigenvalue weighted by Gasteiger charge is 2.38. The Bertz CT molecular complexity index is 2550. The smallest absolute Gasteiger partial charge is 0.235 e. The highest BCUT2D eigenvalue weighted by Crippen LogP contribution is 2.54. The summed E-state index contributed by atoms with van der Waals surface area (Å²) in [5.41, 5.74) is 10.8. The molecule has 3 aromatic heterocycles. The number of hydrogen-bond donors (Lipinski definition) is 0. The van der Waals surface area contributed by atoms with Crippen molar-refractivity contribution >= 4 is 61.5 Å². The van der Waals surface area contributed by atoms with Crippen LogP contribution >= 0.6 is 11.8 Å². The third kappa shape index (κ3) is 3.45. The lowest BCUT2D eigenvalue weighted by molar-refractivity contribution is 0.632. The van der Waals surface area contributed by atoms with Crippen LogP contribution < -0.4 is 4.90 Å². The van der Waals surface area contributed by atoms with Crippen LogP contribution in [0.15, 0.2) is 137 Å². The molecule has 0 atom stereocenters. The zero-order valence-corrected chi connectivity index (χ0v) is 26.1. The number of nitrogens with zero attached hydrogens (tertiary/aromatic N) is 5. The monoisotopic (exact) mass is 609 g/mol. The molecule has 0 saturated carbocycles. The molecule has 5 aromatic carbocycles. The lowest BCUT2D eigenvalue weighted by Crippen LogP contribution is -2.30. The van der Waals surface area contributed by atoms with Gasteiger partial charge in [-0.25, -0.2) is 9.97 Å². The summed E-state index contributed by atoms with van der Waals surface area (Å²) < 4.78 is 2.25. The van der Waals surface area contributed by atoms with Crippen LogP contribution in [0.4, 0.5) is 17.1 Å². The minimum atomic E-state index is -0.238. The SMILES string of the molecule is CC1(C)c2ccccc2N(c2ccccc2)c2cc3c4ccccc4n(-c4nc5c6c(cccc6n4)Sc4cccnc4-5)c3cc21. The number of para-hydroxylation sites is 3. The summed E-state index contributed by atoms with van der Waals surface area (Å²) in [5.74, 6) is 0.656. The van der Waals surface area contributed by atoms with E-state index >= 15 is 0 Å². The molecule has 0 amide bonds. The third-order valence-corrected chi connectivity index (χ3v) is 10.7. The minimum absolute atomic E-state index is 0.238. The minimum Gasteiger partial charge on any atom is -0.310 e. The number of rotatable bonds is 2. The van der Waals surface area contributed by atoms with Gasteiger partial charge in [0.1, 0.15) is 11.4 Å². The van der Waals surface area contributed by atoms with E-state index in [1.165, 1.54) is 33.3 Å². The molecule has 0 aliphatic carbocycles. The van der Waals surface area contributed by atoms with Crippen molar-refractivity contribution in [3.05, 3.63) is 139 Å². The molecule has 2 aliphatic rings. The summed E-state index contributed by atoms with van der Waals surface area (Å²) in [4.78, 5) is 20.1. The number of hydrogen-bond acceptors (Lipinski definition) is 5. The topological polar surface area (TPSA) is 46.8 Å². The summed E-state index contributed by atoms with van der Waals surface area (Å²) in [6, 6.07) is 43.3. The van der Waals surface area contributed by atoms with Crippen LogP contribution in [0.1, 0.15) is 25.0 Å². The highest BCUT2D eigenvalue weighted by atomic mass is 32.2. The Morgan fingerprint density at radius 1 is 0.609 bits per heavy atom. The van der Waals surface area contributed by atoms with E-state index in [4.69, 9.17) is 15.0 Å². The first-order chi connectivity index (χ1) is 22.6. The van der Waals surface area contributed by atoms with Crippen molar-refractivity contribution in [1.29, 1.82) is 0 Å². The van der Waals surface area contributed by atoms with Crippen molar-refractivity contribution in [1.82, 2.24) is 19.5 Å². The van der Waals surface area contributed by atoms with Crippen molar-refractivity contribution in [2.45, 2.75) is 29.1 Å². The second kappa shape index (κ2) is 9.28. The fraction of sp³-hybridized carbons (Fsp3) is 0.0750. The summed E-state index contributed by atoms with van der Waals surface area (Å²) in [7, 11) is 0. The van der Waals surface area contributed by atoms with Gasteiger partial charge >= 0.3 is 0 Å². The predicted molar refractivity (Wildman–Crippen MR) is 188 cm³/mol. The quantitative estimate of drug-likeness (QED) is 0.195. The Kier molecular flexibility index (Phi) is 5.21. The van der Waals surface area contributed by atoms with E-state index in [-0.39, 0.29) is 5.41 Å². The van der Waals surface area contributed by atoms with E-state index in [0.29, 0.717) is 5.95 Å². The van der Waals surface area contributed by atoms with E-state index < -0.39 is 0 Å². The fourth-order valence-electron chi connectivity index (χ4n) is 7.50. The molecule has 46 heavy (non-hydrogen) atoms. The number of pyridine rings is 1. The number of fused-ring (bicyclic) bond motifs is 7. The zero-order valence-electron chi connectivity index (χ0n) is 25.3. The van der Waals surface area contributed by atoms with Crippen LogP contribution in [-0.2, 0) is 5.41 Å². The van der Waals surface area contributed by atoms with Crippen molar-refractivity contribution in [2.24, 2.45) is 0 Å². The molecule has 10 rings (SSSR count). The maximum atomic E-state index is 5.33. The Morgan fingerprint density at radius 2 is 1.41 bits per heavy atom. The normalized spacial score (nSPS) is 14.3. The first-order valence-electron chi connectivity index (χ1n) is 15.5. The summed E-state index contributed by atoms with van der Waals surface area (Å²) in [6.45, 7) is 4.68. The Hall–Kier alpha value is -5.46. The molecule has 8 aromatic rings. The number of benzene rings is 5. The first-order valence-corrected chi connectivity index (χ1v) is 16.4. The van der Waals surface area contributed by atoms with Gasteiger partial charge in [-0.15, -0.1) is 0 Å². The van der Waals surface area contributed by atoms with Gasteiger partial charge in [-0.1, -0.05) is 86.3 Å². The maximum absolute atomic E-state index is 5.33. The Labute approximate surface area is 270 Å². The highest BCUT2D eigenvalue weighted by molar-refractivity contribution is 7.99. The van der Waals surface area contributed by atoms with Gasteiger partial charge in [-0.3, -0.25) is 9.55 Å². The van der Waals surface area contributed by atoms with Crippen molar-refractivity contribution < 1.29 is 0 Å². The predicted octanol–water partition coefficient (Wildman–Crippen LogP) is 10.4. The number of aromatic nitrogens is 4. The molecule has 0 N–H and O–H groups in total. The van der Waals surface area contributed by atoms with Gasteiger partial charge in [-0.2, -0.15) is 0 Å². The van der Waals surface area contributed by atoms with E-state index in [2.05, 4.69) is 139 Å². The second-order valence-electron chi connectivity index (χ2n) is 12.5. The summed E-state index contributed by atoms with van der Waals surface area (Å²) in [5, 5.41) is 3.41. The second-order valence-corrected chi connectivity index (χ2v) is 13.6. The third-order valence-electron chi connectivity index (χ3n) is 9.63. The van der Waals surface area contributed by atoms with E-state index in [1.807, 2.05) is 12.3 Å². The van der Waals surface area contributed by atoms with Gasteiger partial charge < -0.3 is 4.90 Å². The molecule has 0 saturated heterocycles. The molecule has 0 radical (unpaired) electrons. The van der Waals surface area contributed by atoms with Gasteiger partial charge in [0.2, 0.25) is 5.95 Å². The van der Waals surface area contributed by atoms with Gasteiger partial charge in [0.15, 0.2) is 0 Å². The average Bonchev–Trinajstić information content (AvgIpc) is 3.42. The van der Waals surface area contributed by atoms with Gasteiger partial charge in [0.25, 0.3) is 0 Å². The molecule has 6 heteroatoms. The van der Waals surface area contributed by atoms with Crippen molar-refractivity contribution in [2.75, 3.05) is 4.90 Å². The lowest BCUT2D eigenvalue weighted by Gasteiger charge is -2.42. The molecular weight excluding hydrogens is 583 g/mol. The molecule has 2 aliphatic heterocycles. The van der Waals surface area contributed by atoms with Gasteiger partial charge in [0, 0.05) is 43.2 Å². The van der Waals surface area contributed by atoms with Gasteiger partial charge in [0.05, 0.1) is 27.9 Å². The Morgan fingerprint density at radius 3 is 2.33 bits per heavy atom. The summed E-state index contributed by atoms with van der Waals surface area (Å²) >= 11 is 1.74. The Balaban J connectivity index is 1.31. The van der Waals surface area contributed by atoms with Crippen molar-refractivity contribution in [3.8, 4) is 17.3 Å². The molecule has 0 bridgehead atoms. The van der Waals surface area contributed by atoms with Crippen molar-refractivity contribution in [3.63, 3.8) is 0 Å². The molecule has 0 spiro atoms. The first kappa shape index (κ1) is 25.8. The average molecular weight is 610 g/mol. The van der Waals surface area contributed by atoms with Crippen LogP contribution in [0, 0.1) is 0 Å². The van der Waals surface area contributed by atoms with Crippen LogP contribution in [0.3, 0.4) is 0 Å². The van der Waals surface area contributed by atoms with Crippen LogP contribution in [0.2, 0.25) is 0 Å². The summed E-state index contributed by atoms with van der Waals surface area (Å²) in [6.07, 6.45) is 1.85. The van der Waals surface area contributed by atoms with Gasteiger partial charge in [-0.05, 0) is 71.8 Å². The van der Waals surface area contributed by atoms with Crippen LogP contribution in [-0.4, -0.2) is 19.5 Å². The zero-order chi connectivity index (χ0) is 30.6.